The van der Waals surface area contributed by atoms with Crippen molar-refractivity contribution in [3.05, 3.63) is 0 Å². The van der Waals surface area contributed by atoms with Crippen LogP contribution in [0.25, 0.3) is 0 Å². The molecule has 0 spiro atoms. The average molecular weight is 275 g/mol. The van der Waals surface area contributed by atoms with Crippen LogP contribution in [0.4, 0.5) is 0 Å². The fourth-order valence-corrected chi connectivity index (χ4v) is 3.08. The van der Waals surface area contributed by atoms with E-state index in [1.165, 1.54) is 38.5 Å². The summed E-state index contributed by atoms with van der Waals surface area (Å²) in [5.41, 5.74) is 0. The predicted molar refractivity (Wildman–Crippen MR) is 77.1 cm³/mol. The maximum Gasteiger partial charge on any atom is 0.239 e. The first-order valence-corrected chi connectivity index (χ1v) is 7.33. The van der Waals surface area contributed by atoms with Gasteiger partial charge >= 0.3 is 0 Å². The molecule has 3 nitrogen and oxygen atoms in total. The van der Waals surface area contributed by atoms with Gasteiger partial charge in [-0.25, -0.2) is 0 Å². The number of hydrogen-bond donors (Lipinski definition) is 1. The van der Waals surface area contributed by atoms with Gasteiger partial charge in [0.2, 0.25) is 5.91 Å². The Morgan fingerprint density at radius 2 is 2.00 bits per heavy atom. The second-order valence-electron chi connectivity index (χ2n) is 5.53. The fourth-order valence-electron chi connectivity index (χ4n) is 3.08. The van der Waals surface area contributed by atoms with Crippen molar-refractivity contribution in [1.29, 1.82) is 0 Å². The topological polar surface area (TPSA) is 32.3 Å². The van der Waals surface area contributed by atoms with Crippen LogP contribution in [0.15, 0.2) is 0 Å². The monoisotopic (exact) mass is 274 g/mol. The first-order chi connectivity index (χ1) is 8.31. The Hall–Kier alpha value is -0.280. The van der Waals surface area contributed by atoms with E-state index in [2.05, 4.69) is 17.1 Å². The van der Waals surface area contributed by atoms with Crippen LogP contribution in [0, 0.1) is 5.92 Å². The third-order valence-electron chi connectivity index (χ3n) is 4.35. The Labute approximate surface area is 117 Å². The number of piperidine rings is 1. The molecule has 1 unspecified atom stereocenters. The van der Waals surface area contributed by atoms with Crippen LogP contribution in [-0.2, 0) is 4.79 Å². The summed E-state index contributed by atoms with van der Waals surface area (Å²) in [5.74, 6) is 1.20. The standard InChI is InChI=1S/C14H26N2O.ClH/c1-2-12-6-5-10-16(11-8-12)14(17)13-7-3-4-9-15-13;/h12-13,15H,2-11H2,1H3;1H/t12?,13-;/m0./s1. The van der Waals surface area contributed by atoms with E-state index < -0.39 is 0 Å². The number of carbonyl (C=O) groups is 1. The minimum Gasteiger partial charge on any atom is -0.341 e. The van der Waals surface area contributed by atoms with E-state index in [4.69, 9.17) is 0 Å². The van der Waals surface area contributed by atoms with Gasteiger partial charge in [0.1, 0.15) is 0 Å². The van der Waals surface area contributed by atoms with Gasteiger partial charge in [0.25, 0.3) is 0 Å². The number of likely N-dealkylation sites (tertiary alicyclic amines) is 1. The van der Waals surface area contributed by atoms with Gasteiger partial charge in [-0.1, -0.05) is 19.8 Å². The number of amides is 1. The van der Waals surface area contributed by atoms with Gasteiger partial charge in [-0.15, -0.1) is 12.4 Å². The summed E-state index contributed by atoms with van der Waals surface area (Å²) in [5, 5.41) is 3.37. The maximum atomic E-state index is 12.4. The largest absolute Gasteiger partial charge is 0.341 e. The normalized spacial score (nSPS) is 29.3. The molecule has 2 aliphatic rings. The van der Waals surface area contributed by atoms with E-state index in [0.29, 0.717) is 5.91 Å². The Morgan fingerprint density at radius 1 is 1.17 bits per heavy atom. The number of rotatable bonds is 2. The third kappa shape index (κ3) is 4.13. The summed E-state index contributed by atoms with van der Waals surface area (Å²) in [6, 6.07) is 0.113. The molecule has 4 heteroatoms. The van der Waals surface area contributed by atoms with Crippen LogP contribution in [0.5, 0.6) is 0 Å². The van der Waals surface area contributed by atoms with E-state index in [9.17, 15) is 4.79 Å². The minimum absolute atomic E-state index is 0. The molecule has 1 N–H and O–H groups in total. The molecular formula is C14H27ClN2O. The van der Waals surface area contributed by atoms with E-state index >= 15 is 0 Å². The highest BCUT2D eigenvalue weighted by Crippen LogP contribution is 2.21. The van der Waals surface area contributed by atoms with Crippen molar-refractivity contribution in [2.24, 2.45) is 5.92 Å². The average Bonchev–Trinajstić information content (AvgIpc) is 2.64. The van der Waals surface area contributed by atoms with Crippen molar-refractivity contribution in [3.63, 3.8) is 0 Å². The fraction of sp³-hybridized carbons (Fsp3) is 0.929. The van der Waals surface area contributed by atoms with Gasteiger partial charge < -0.3 is 10.2 Å². The minimum atomic E-state index is 0. The van der Waals surface area contributed by atoms with Crippen LogP contribution in [0.2, 0.25) is 0 Å². The van der Waals surface area contributed by atoms with Crippen molar-refractivity contribution in [2.45, 2.75) is 57.9 Å². The second kappa shape index (κ2) is 8.00. The van der Waals surface area contributed by atoms with Gasteiger partial charge in [-0.3, -0.25) is 4.79 Å². The molecule has 1 amide bonds. The highest BCUT2D eigenvalue weighted by atomic mass is 35.5. The molecule has 0 aliphatic carbocycles. The molecule has 0 aromatic heterocycles. The molecule has 0 bridgehead atoms. The Bertz CT molecular complexity index is 254. The highest BCUT2D eigenvalue weighted by Gasteiger charge is 2.27. The Morgan fingerprint density at radius 3 is 2.67 bits per heavy atom. The molecule has 2 aliphatic heterocycles. The number of carbonyl (C=O) groups excluding carboxylic acids is 1. The predicted octanol–water partition coefficient (Wildman–Crippen LogP) is 2.59. The first-order valence-electron chi connectivity index (χ1n) is 7.33. The summed E-state index contributed by atoms with van der Waals surface area (Å²) in [4.78, 5) is 14.5. The van der Waals surface area contributed by atoms with E-state index in [0.717, 1.165) is 32.0 Å². The first kappa shape index (κ1) is 15.8. The van der Waals surface area contributed by atoms with Gasteiger partial charge in [0, 0.05) is 13.1 Å². The highest BCUT2D eigenvalue weighted by molar-refractivity contribution is 5.85. The molecule has 2 rings (SSSR count). The summed E-state index contributed by atoms with van der Waals surface area (Å²) >= 11 is 0. The van der Waals surface area contributed by atoms with Crippen LogP contribution in [0.3, 0.4) is 0 Å². The van der Waals surface area contributed by atoms with Crippen molar-refractivity contribution in [3.8, 4) is 0 Å². The van der Waals surface area contributed by atoms with Crippen molar-refractivity contribution in [2.75, 3.05) is 19.6 Å². The smallest absolute Gasteiger partial charge is 0.239 e. The lowest BCUT2D eigenvalue weighted by atomic mass is 9.98. The molecule has 2 atom stereocenters. The lowest BCUT2D eigenvalue weighted by Crippen LogP contribution is -2.48. The summed E-state index contributed by atoms with van der Waals surface area (Å²) in [6.45, 7) is 5.25. The number of nitrogens with zero attached hydrogens (tertiary/aromatic N) is 1. The van der Waals surface area contributed by atoms with Crippen molar-refractivity contribution < 1.29 is 4.79 Å². The zero-order chi connectivity index (χ0) is 12.1. The number of hydrogen-bond acceptors (Lipinski definition) is 2. The molecular weight excluding hydrogens is 248 g/mol. The van der Waals surface area contributed by atoms with Crippen molar-refractivity contribution in [1.82, 2.24) is 10.2 Å². The second-order valence-corrected chi connectivity index (χ2v) is 5.53. The molecule has 2 heterocycles. The maximum absolute atomic E-state index is 12.4. The van der Waals surface area contributed by atoms with Crippen LogP contribution in [-0.4, -0.2) is 36.5 Å². The van der Waals surface area contributed by atoms with Crippen molar-refractivity contribution >= 4 is 18.3 Å². The molecule has 0 radical (unpaired) electrons. The number of halogens is 1. The van der Waals surface area contributed by atoms with Gasteiger partial charge in [0.15, 0.2) is 0 Å². The molecule has 0 saturated carbocycles. The molecule has 18 heavy (non-hydrogen) atoms. The van der Waals surface area contributed by atoms with E-state index in [1.807, 2.05) is 0 Å². The van der Waals surface area contributed by atoms with E-state index in [1.54, 1.807) is 0 Å². The molecule has 106 valence electrons. The van der Waals surface area contributed by atoms with E-state index in [-0.39, 0.29) is 18.4 Å². The Balaban J connectivity index is 0.00000162. The van der Waals surface area contributed by atoms with Crippen LogP contribution in [0.1, 0.15) is 51.9 Å². The Kier molecular flexibility index (Phi) is 7.02. The zero-order valence-electron chi connectivity index (χ0n) is 11.5. The molecule has 0 aromatic carbocycles. The third-order valence-corrected chi connectivity index (χ3v) is 4.35. The molecule has 2 fully saturated rings. The zero-order valence-corrected chi connectivity index (χ0v) is 12.3. The SMILES string of the molecule is CCC1CCCN(C(=O)[C@@H]2CCCCN2)CC1.Cl. The van der Waals surface area contributed by atoms with Crippen LogP contribution >= 0.6 is 12.4 Å². The lowest BCUT2D eigenvalue weighted by Gasteiger charge is -2.29. The number of nitrogens with one attached hydrogen (secondary N) is 1. The van der Waals surface area contributed by atoms with Gasteiger partial charge in [-0.2, -0.15) is 0 Å². The molecule has 2 saturated heterocycles. The molecule has 0 aromatic rings. The quantitative estimate of drug-likeness (QED) is 0.839. The summed E-state index contributed by atoms with van der Waals surface area (Å²) in [6.07, 6.45) is 8.43. The van der Waals surface area contributed by atoms with Gasteiger partial charge in [-0.05, 0) is 44.6 Å². The lowest BCUT2D eigenvalue weighted by molar-refractivity contribution is -0.134. The van der Waals surface area contributed by atoms with Gasteiger partial charge in [0.05, 0.1) is 6.04 Å². The van der Waals surface area contributed by atoms with Crippen LogP contribution < -0.4 is 5.32 Å². The summed E-state index contributed by atoms with van der Waals surface area (Å²) < 4.78 is 0. The summed E-state index contributed by atoms with van der Waals surface area (Å²) in [7, 11) is 0.